The number of hydrogen-bond donors (Lipinski definition) is 2. The Morgan fingerprint density at radius 1 is 1.30 bits per heavy atom. The first-order valence-corrected chi connectivity index (χ1v) is 11.0. The molecule has 6 atom stereocenters. The van der Waals surface area contributed by atoms with Crippen molar-refractivity contribution in [3.63, 3.8) is 0 Å². The number of ether oxygens (including phenoxy) is 1. The molecule has 2 N–H and O–H groups in total. The van der Waals surface area contributed by atoms with Crippen LogP contribution in [0.25, 0.3) is 0 Å². The van der Waals surface area contributed by atoms with E-state index in [1.807, 2.05) is 0 Å². The SMILES string of the molecule is C[C@H]1CCC=C2C[C@H]3OC(=O)[C@@H](CNCCC4=CCCCC4)[C@H]3[C@@H](O)[C@@]21C. The average molecular weight is 374 g/mol. The third-order valence-electron chi connectivity index (χ3n) is 7.94. The van der Waals surface area contributed by atoms with Gasteiger partial charge in [-0.3, -0.25) is 4.79 Å². The van der Waals surface area contributed by atoms with E-state index in [4.69, 9.17) is 4.74 Å². The fraction of sp³-hybridized carbons (Fsp3) is 0.783. The zero-order valence-corrected chi connectivity index (χ0v) is 16.9. The number of carbonyl (C=O) groups is 1. The van der Waals surface area contributed by atoms with Crippen LogP contribution in [0.1, 0.15) is 65.2 Å². The number of hydrogen-bond acceptors (Lipinski definition) is 4. The van der Waals surface area contributed by atoms with Gasteiger partial charge in [0.2, 0.25) is 0 Å². The summed E-state index contributed by atoms with van der Waals surface area (Å²) in [6, 6.07) is 0. The Balaban J connectivity index is 1.40. The summed E-state index contributed by atoms with van der Waals surface area (Å²) in [5.41, 5.74) is 2.65. The molecule has 1 aliphatic heterocycles. The van der Waals surface area contributed by atoms with Crippen molar-refractivity contribution in [3.05, 3.63) is 23.3 Å². The minimum atomic E-state index is -0.503. The molecule has 1 saturated carbocycles. The summed E-state index contributed by atoms with van der Waals surface area (Å²) in [6.07, 6.45) is 13.1. The zero-order chi connectivity index (χ0) is 19.0. The van der Waals surface area contributed by atoms with Gasteiger partial charge < -0.3 is 15.2 Å². The molecule has 1 heterocycles. The van der Waals surface area contributed by atoms with Crippen LogP contribution in [0, 0.1) is 23.2 Å². The number of aliphatic hydroxyl groups is 1. The van der Waals surface area contributed by atoms with E-state index >= 15 is 0 Å². The Kier molecular flexibility index (Phi) is 5.48. The van der Waals surface area contributed by atoms with Gasteiger partial charge >= 0.3 is 5.97 Å². The van der Waals surface area contributed by atoms with E-state index in [1.165, 1.54) is 31.3 Å². The lowest BCUT2D eigenvalue weighted by Gasteiger charge is -2.51. The number of carbonyl (C=O) groups excluding carboxylic acids is 1. The summed E-state index contributed by atoms with van der Waals surface area (Å²) in [6.45, 7) is 5.97. The monoisotopic (exact) mass is 373 g/mol. The van der Waals surface area contributed by atoms with Gasteiger partial charge in [-0.2, -0.15) is 0 Å². The molecular formula is C23H35NO3. The highest BCUT2D eigenvalue weighted by Gasteiger charge is 2.59. The van der Waals surface area contributed by atoms with Crippen molar-refractivity contribution >= 4 is 5.97 Å². The lowest BCUT2D eigenvalue weighted by atomic mass is 9.55. The van der Waals surface area contributed by atoms with Gasteiger partial charge in [0.15, 0.2) is 0 Å². The summed E-state index contributed by atoms with van der Waals surface area (Å²) < 4.78 is 5.73. The molecule has 0 amide bonds. The molecule has 0 aromatic heterocycles. The maximum Gasteiger partial charge on any atom is 0.311 e. The van der Waals surface area contributed by atoms with Crippen LogP contribution in [0.3, 0.4) is 0 Å². The summed E-state index contributed by atoms with van der Waals surface area (Å²) in [4.78, 5) is 12.6. The molecule has 4 aliphatic rings. The smallest absolute Gasteiger partial charge is 0.311 e. The highest BCUT2D eigenvalue weighted by atomic mass is 16.6. The van der Waals surface area contributed by atoms with Gasteiger partial charge in [-0.1, -0.05) is 37.1 Å². The van der Waals surface area contributed by atoms with Gasteiger partial charge in [0.05, 0.1) is 12.0 Å². The van der Waals surface area contributed by atoms with Gasteiger partial charge in [-0.15, -0.1) is 0 Å². The molecule has 4 nitrogen and oxygen atoms in total. The molecule has 0 radical (unpaired) electrons. The third-order valence-corrected chi connectivity index (χ3v) is 7.94. The van der Waals surface area contributed by atoms with Crippen molar-refractivity contribution < 1.29 is 14.6 Å². The quantitative estimate of drug-likeness (QED) is 0.438. The molecule has 4 heteroatoms. The third kappa shape index (κ3) is 3.40. The van der Waals surface area contributed by atoms with Crippen LogP contribution in [-0.4, -0.2) is 36.4 Å². The van der Waals surface area contributed by atoms with Crippen LogP contribution in [-0.2, 0) is 9.53 Å². The Bertz CT molecular complexity index is 640. The first kappa shape index (κ1) is 19.2. The van der Waals surface area contributed by atoms with Gasteiger partial charge in [0.1, 0.15) is 6.10 Å². The Morgan fingerprint density at radius 2 is 2.15 bits per heavy atom. The number of esters is 1. The second-order valence-corrected chi connectivity index (χ2v) is 9.36. The fourth-order valence-corrected chi connectivity index (χ4v) is 5.94. The topological polar surface area (TPSA) is 58.6 Å². The van der Waals surface area contributed by atoms with Crippen LogP contribution >= 0.6 is 0 Å². The standard InChI is InChI=1S/C23H35NO3/c1-15-7-6-10-17-13-19-20(21(25)23(15,17)2)18(22(26)27-19)14-24-12-11-16-8-4-3-5-9-16/h8,10,15,18-21,24-25H,3-7,9,11-14H2,1-2H3/t15-,18-,19+,20+,21+,23+/m0/s1. The van der Waals surface area contributed by atoms with Gasteiger partial charge in [-0.25, -0.2) is 0 Å². The molecule has 3 aliphatic carbocycles. The van der Waals surface area contributed by atoms with E-state index in [9.17, 15) is 9.90 Å². The minimum Gasteiger partial charge on any atom is -0.461 e. The molecule has 4 rings (SSSR count). The van der Waals surface area contributed by atoms with E-state index < -0.39 is 6.10 Å². The number of fused-ring (bicyclic) bond motifs is 2. The van der Waals surface area contributed by atoms with Crippen LogP contribution in [0.5, 0.6) is 0 Å². The molecule has 0 aromatic rings. The van der Waals surface area contributed by atoms with Gasteiger partial charge in [-0.05, 0) is 57.4 Å². The second-order valence-electron chi connectivity index (χ2n) is 9.36. The van der Waals surface area contributed by atoms with E-state index in [0.717, 1.165) is 32.2 Å². The van der Waals surface area contributed by atoms with Gasteiger partial charge in [0.25, 0.3) is 0 Å². The molecule has 0 bridgehead atoms. The number of rotatable bonds is 5. The van der Waals surface area contributed by atoms with E-state index in [0.29, 0.717) is 12.5 Å². The summed E-state index contributed by atoms with van der Waals surface area (Å²) in [5.74, 6) is 0.0133. The lowest BCUT2D eigenvalue weighted by molar-refractivity contribution is -0.144. The number of aliphatic hydroxyl groups excluding tert-OH is 1. The minimum absolute atomic E-state index is 0.0819. The predicted octanol–water partition coefficient (Wildman–Crippen LogP) is 3.75. The zero-order valence-electron chi connectivity index (χ0n) is 16.9. The fourth-order valence-electron chi connectivity index (χ4n) is 5.94. The second kappa shape index (κ2) is 7.71. The van der Waals surface area contributed by atoms with Crippen LogP contribution in [0.2, 0.25) is 0 Å². The summed E-state index contributed by atoms with van der Waals surface area (Å²) >= 11 is 0. The highest BCUT2D eigenvalue weighted by Crippen LogP contribution is 2.55. The Morgan fingerprint density at radius 3 is 2.93 bits per heavy atom. The van der Waals surface area contributed by atoms with E-state index in [1.54, 1.807) is 5.57 Å². The Labute approximate surface area is 163 Å². The normalized spacial score (nSPS) is 41.3. The van der Waals surface area contributed by atoms with Crippen molar-refractivity contribution in [2.45, 2.75) is 77.4 Å². The average Bonchev–Trinajstić information content (AvgIpc) is 2.98. The van der Waals surface area contributed by atoms with Crippen molar-refractivity contribution in [2.24, 2.45) is 23.2 Å². The van der Waals surface area contributed by atoms with Crippen molar-refractivity contribution in [3.8, 4) is 0 Å². The molecule has 1 saturated heterocycles. The molecule has 27 heavy (non-hydrogen) atoms. The van der Waals surface area contributed by atoms with Crippen molar-refractivity contribution in [2.75, 3.05) is 13.1 Å². The maximum absolute atomic E-state index is 12.6. The highest BCUT2D eigenvalue weighted by molar-refractivity contribution is 5.76. The first-order valence-electron chi connectivity index (χ1n) is 11.0. The van der Waals surface area contributed by atoms with E-state index in [-0.39, 0.29) is 29.3 Å². The molecule has 0 aromatic carbocycles. The first-order chi connectivity index (χ1) is 13.0. The molecule has 150 valence electrons. The predicted molar refractivity (Wildman–Crippen MR) is 106 cm³/mol. The number of nitrogens with one attached hydrogen (secondary N) is 1. The van der Waals surface area contributed by atoms with E-state index in [2.05, 4.69) is 31.3 Å². The van der Waals surface area contributed by atoms with Gasteiger partial charge in [0, 0.05) is 24.3 Å². The molecule has 0 spiro atoms. The number of allylic oxidation sites excluding steroid dienone is 2. The molecule has 2 fully saturated rings. The van der Waals surface area contributed by atoms with Crippen molar-refractivity contribution in [1.82, 2.24) is 5.32 Å². The largest absolute Gasteiger partial charge is 0.461 e. The van der Waals surface area contributed by atoms with Crippen molar-refractivity contribution in [1.29, 1.82) is 0 Å². The maximum atomic E-state index is 12.6. The summed E-state index contributed by atoms with van der Waals surface area (Å²) in [5, 5.41) is 14.8. The molecular weight excluding hydrogens is 338 g/mol. The Hall–Kier alpha value is -1.13. The van der Waals surface area contributed by atoms with Crippen LogP contribution in [0.15, 0.2) is 23.3 Å². The lowest BCUT2D eigenvalue weighted by Crippen LogP contribution is -2.54. The van der Waals surface area contributed by atoms with Crippen LogP contribution < -0.4 is 5.32 Å². The molecule has 0 unspecified atom stereocenters. The van der Waals surface area contributed by atoms with Crippen LogP contribution in [0.4, 0.5) is 0 Å². The summed E-state index contributed by atoms with van der Waals surface area (Å²) in [7, 11) is 0.